The van der Waals surface area contributed by atoms with E-state index in [1.54, 1.807) is 6.07 Å². The SMILES string of the molecule is CCC(C)(C)c1ccc(C=Cc2cc(C=O)cc(OC(C)C(C)C)c2)cc1. The van der Waals surface area contributed by atoms with Gasteiger partial charge >= 0.3 is 0 Å². The molecule has 0 N–H and O–H groups in total. The fourth-order valence-electron chi connectivity index (χ4n) is 2.67. The number of hydrogen-bond donors (Lipinski definition) is 0. The predicted molar refractivity (Wildman–Crippen MR) is 115 cm³/mol. The molecule has 0 aliphatic heterocycles. The molecule has 0 aliphatic rings. The highest BCUT2D eigenvalue weighted by Gasteiger charge is 2.17. The van der Waals surface area contributed by atoms with E-state index in [0.717, 1.165) is 29.6 Å². The van der Waals surface area contributed by atoms with Crippen LogP contribution < -0.4 is 4.74 Å². The summed E-state index contributed by atoms with van der Waals surface area (Å²) in [5.74, 6) is 1.15. The molecule has 0 heterocycles. The third-order valence-electron chi connectivity index (χ3n) is 5.39. The van der Waals surface area contributed by atoms with Crippen molar-refractivity contribution in [3.8, 4) is 5.75 Å². The molecule has 2 aromatic carbocycles. The van der Waals surface area contributed by atoms with Crippen molar-refractivity contribution in [1.82, 2.24) is 0 Å². The summed E-state index contributed by atoms with van der Waals surface area (Å²) in [5.41, 5.74) is 4.27. The number of benzene rings is 2. The Balaban J connectivity index is 2.21. The first-order chi connectivity index (χ1) is 12.7. The van der Waals surface area contributed by atoms with E-state index in [1.165, 1.54) is 5.56 Å². The molecule has 1 unspecified atom stereocenters. The van der Waals surface area contributed by atoms with Crippen molar-refractivity contribution in [2.24, 2.45) is 5.92 Å². The molecule has 0 bridgehead atoms. The smallest absolute Gasteiger partial charge is 0.150 e. The first-order valence-corrected chi connectivity index (χ1v) is 9.80. The van der Waals surface area contributed by atoms with Gasteiger partial charge < -0.3 is 4.74 Å². The Morgan fingerprint density at radius 2 is 1.52 bits per heavy atom. The van der Waals surface area contributed by atoms with Crippen molar-refractivity contribution in [1.29, 1.82) is 0 Å². The molecule has 0 spiro atoms. The molecule has 0 saturated heterocycles. The summed E-state index contributed by atoms with van der Waals surface area (Å²) in [6.45, 7) is 13.0. The molecule has 0 fully saturated rings. The second-order valence-corrected chi connectivity index (χ2v) is 8.21. The summed E-state index contributed by atoms with van der Waals surface area (Å²) < 4.78 is 5.98. The summed E-state index contributed by atoms with van der Waals surface area (Å²) >= 11 is 0. The Morgan fingerprint density at radius 3 is 2.07 bits per heavy atom. The number of rotatable bonds is 8. The lowest BCUT2D eigenvalue weighted by molar-refractivity contribution is 0.112. The van der Waals surface area contributed by atoms with Crippen molar-refractivity contribution in [2.45, 2.75) is 59.5 Å². The fourth-order valence-corrected chi connectivity index (χ4v) is 2.67. The summed E-state index contributed by atoms with van der Waals surface area (Å²) in [5, 5.41) is 0. The molecular formula is C25H32O2. The molecule has 2 aromatic rings. The zero-order valence-electron chi connectivity index (χ0n) is 17.5. The molecule has 1 atom stereocenters. The lowest BCUT2D eigenvalue weighted by Crippen LogP contribution is -2.18. The number of carbonyl (C=O) groups is 1. The highest BCUT2D eigenvalue weighted by atomic mass is 16.5. The third kappa shape index (κ3) is 5.82. The number of ether oxygens (including phenoxy) is 1. The van der Waals surface area contributed by atoms with Crippen LogP contribution in [0.25, 0.3) is 12.2 Å². The Hall–Kier alpha value is -2.35. The van der Waals surface area contributed by atoms with Gasteiger partial charge in [-0.05, 0) is 59.6 Å². The van der Waals surface area contributed by atoms with E-state index in [4.69, 9.17) is 4.74 Å². The molecule has 0 aromatic heterocycles. The van der Waals surface area contributed by atoms with Crippen molar-refractivity contribution in [2.75, 3.05) is 0 Å². The van der Waals surface area contributed by atoms with E-state index in [1.807, 2.05) is 25.1 Å². The molecule has 0 aliphatic carbocycles. The van der Waals surface area contributed by atoms with Crippen LogP contribution in [-0.2, 0) is 5.41 Å². The van der Waals surface area contributed by atoms with E-state index in [0.29, 0.717) is 11.5 Å². The second-order valence-electron chi connectivity index (χ2n) is 8.21. The topological polar surface area (TPSA) is 26.3 Å². The van der Waals surface area contributed by atoms with Crippen molar-refractivity contribution in [3.05, 3.63) is 64.7 Å². The van der Waals surface area contributed by atoms with Gasteiger partial charge in [-0.1, -0.05) is 71.0 Å². The molecule has 0 amide bonds. The Bertz CT molecular complexity index is 782. The lowest BCUT2D eigenvalue weighted by atomic mass is 9.82. The third-order valence-corrected chi connectivity index (χ3v) is 5.39. The standard InChI is InChI=1S/C25H32O2/c1-7-25(5,6)23-12-10-20(11-13-23)8-9-21-14-22(17-26)16-24(15-21)27-19(4)18(2)3/h8-19H,7H2,1-6H3. The number of carbonyl (C=O) groups excluding carboxylic acids is 1. The largest absolute Gasteiger partial charge is 0.490 e. The number of aldehydes is 1. The van der Waals surface area contributed by atoms with Crippen LogP contribution in [0.4, 0.5) is 0 Å². The van der Waals surface area contributed by atoms with Crippen molar-refractivity contribution < 1.29 is 9.53 Å². The minimum absolute atomic E-state index is 0.0956. The van der Waals surface area contributed by atoms with Crippen molar-refractivity contribution in [3.63, 3.8) is 0 Å². The Morgan fingerprint density at radius 1 is 0.926 bits per heavy atom. The molecule has 2 nitrogen and oxygen atoms in total. The average molecular weight is 365 g/mol. The van der Waals surface area contributed by atoms with Crippen LogP contribution in [0.3, 0.4) is 0 Å². The van der Waals surface area contributed by atoms with Crippen LogP contribution in [0, 0.1) is 5.92 Å². The predicted octanol–water partition coefficient (Wildman–Crippen LogP) is 6.78. The van der Waals surface area contributed by atoms with Crippen LogP contribution in [0.2, 0.25) is 0 Å². The molecule has 2 heteroatoms. The monoisotopic (exact) mass is 364 g/mol. The maximum atomic E-state index is 11.3. The van der Waals surface area contributed by atoms with Gasteiger partial charge in [-0.3, -0.25) is 4.79 Å². The van der Waals surface area contributed by atoms with Crippen LogP contribution >= 0.6 is 0 Å². The van der Waals surface area contributed by atoms with Gasteiger partial charge in [0, 0.05) is 5.56 Å². The Kier molecular flexibility index (Phi) is 7.01. The van der Waals surface area contributed by atoms with Crippen LogP contribution in [-0.4, -0.2) is 12.4 Å². The molecule has 27 heavy (non-hydrogen) atoms. The summed E-state index contributed by atoms with van der Waals surface area (Å²) in [7, 11) is 0. The van der Waals surface area contributed by atoms with Gasteiger partial charge in [-0.2, -0.15) is 0 Å². The van der Waals surface area contributed by atoms with Gasteiger partial charge in [-0.25, -0.2) is 0 Å². The van der Waals surface area contributed by atoms with E-state index < -0.39 is 0 Å². The molecule has 0 saturated carbocycles. The van der Waals surface area contributed by atoms with Gasteiger partial charge in [0.2, 0.25) is 0 Å². The molecule has 144 valence electrons. The normalized spacial score (nSPS) is 13.1. The maximum absolute atomic E-state index is 11.3. The van der Waals surface area contributed by atoms with E-state index >= 15 is 0 Å². The Labute approximate surface area is 164 Å². The lowest BCUT2D eigenvalue weighted by Gasteiger charge is -2.23. The second kappa shape index (κ2) is 9.03. The van der Waals surface area contributed by atoms with Crippen LogP contribution in [0.1, 0.15) is 75.0 Å². The minimum atomic E-state index is 0.0956. The van der Waals surface area contributed by atoms with Crippen LogP contribution in [0.5, 0.6) is 5.75 Å². The average Bonchev–Trinajstić information content (AvgIpc) is 2.66. The minimum Gasteiger partial charge on any atom is -0.490 e. The van der Waals surface area contributed by atoms with Gasteiger partial charge in [-0.15, -0.1) is 0 Å². The van der Waals surface area contributed by atoms with E-state index in [-0.39, 0.29) is 11.5 Å². The fraction of sp³-hybridized carbons (Fsp3) is 0.400. The van der Waals surface area contributed by atoms with Gasteiger partial charge in [0.15, 0.2) is 0 Å². The first kappa shape index (κ1) is 21.0. The zero-order valence-corrected chi connectivity index (χ0v) is 17.5. The number of hydrogen-bond acceptors (Lipinski definition) is 2. The van der Waals surface area contributed by atoms with E-state index in [9.17, 15) is 4.79 Å². The maximum Gasteiger partial charge on any atom is 0.150 e. The highest BCUT2D eigenvalue weighted by molar-refractivity contribution is 5.79. The highest BCUT2D eigenvalue weighted by Crippen LogP contribution is 2.27. The summed E-state index contributed by atoms with van der Waals surface area (Å²) in [6.07, 6.45) is 6.17. The van der Waals surface area contributed by atoms with E-state index in [2.05, 4.69) is 65.0 Å². The molecule has 2 rings (SSSR count). The van der Waals surface area contributed by atoms with Gasteiger partial charge in [0.25, 0.3) is 0 Å². The van der Waals surface area contributed by atoms with Crippen molar-refractivity contribution >= 4 is 18.4 Å². The van der Waals surface area contributed by atoms with Gasteiger partial charge in [0.1, 0.15) is 12.0 Å². The summed E-state index contributed by atoms with van der Waals surface area (Å²) in [4.78, 5) is 11.3. The molecule has 0 radical (unpaired) electrons. The molecular weight excluding hydrogens is 332 g/mol. The van der Waals surface area contributed by atoms with Crippen LogP contribution in [0.15, 0.2) is 42.5 Å². The zero-order chi connectivity index (χ0) is 20.0. The van der Waals surface area contributed by atoms with Gasteiger partial charge in [0.05, 0.1) is 6.10 Å². The first-order valence-electron chi connectivity index (χ1n) is 9.80. The summed E-state index contributed by atoms with van der Waals surface area (Å²) in [6, 6.07) is 14.3. The quantitative estimate of drug-likeness (QED) is 0.381.